The molecule has 0 unspecified atom stereocenters. The van der Waals surface area contributed by atoms with Crippen molar-refractivity contribution in [3.05, 3.63) is 77.1 Å². The van der Waals surface area contributed by atoms with Gasteiger partial charge in [0.1, 0.15) is 5.56 Å². The van der Waals surface area contributed by atoms with Gasteiger partial charge in [-0.2, -0.15) is 5.10 Å². The van der Waals surface area contributed by atoms with Gasteiger partial charge in [0.25, 0.3) is 5.91 Å². The zero-order valence-corrected chi connectivity index (χ0v) is 18.7. The van der Waals surface area contributed by atoms with E-state index in [0.29, 0.717) is 22.9 Å². The monoisotopic (exact) mass is 419 g/mol. The van der Waals surface area contributed by atoms with Crippen LogP contribution in [0.2, 0.25) is 0 Å². The molecule has 2 atom stereocenters. The Morgan fingerprint density at radius 3 is 2.35 bits per heavy atom. The predicted molar refractivity (Wildman–Crippen MR) is 122 cm³/mol. The fourth-order valence-electron chi connectivity index (χ4n) is 3.53. The molecule has 1 N–H and O–H groups in total. The zero-order chi connectivity index (χ0) is 22.5. The van der Waals surface area contributed by atoms with Crippen LogP contribution in [-0.2, 0) is 9.53 Å². The van der Waals surface area contributed by atoms with Gasteiger partial charge in [0.05, 0.1) is 17.1 Å². The van der Waals surface area contributed by atoms with Crippen molar-refractivity contribution in [1.82, 2.24) is 9.78 Å². The minimum absolute atomic E-state index is 0.309. The lowest BCUT2D eigenvalue weighted by Crippen LogP contribution is -2.30. The van der Waals surface area contributed by atoms with Crippen LogP contribution in [0.15, 0.2) is 54.6 Å². The summed E-state index contributed by atoms with van der Waals surface area (Å²) in [5, 5.41) is 7.38. The van der Waals surface area contributed by atoms with Gasteiger partial charge in [-0.1, -0.05) is 50.2 Å². The third-order valence-corrected chi connectivity index (χ3v) is 5.51. The minimum atomic E-state index is -0.948. The summed E-state index contributed by atoms with van der Waals surface area (Å²) >= 11 is 0. The Morgan fingerprint density at radius 1 is 1.03 bits per heavy atom. The molecule has 3 aromatic rings. The van der Waals surface area contributed by atoms with Gasteiger partial charge in [0, 0.05) is 5.69 Å². The van der Waals surface area contributed by atoms with Gasteiger partial charge >= 0.3 is 5.97 Å². The second-order valence-corrected chi connectivity index (χ2v) is 7.73. The standard InChI is InChI=1S/C25H29N3O3/c1-6-16(2)21-14-10-11-15-22(21)26-24(29)19(5)31-25(30)23-17(3)27-28(18(23)4)20-12-8-7-9-13-20/h7-16,19H,6H2,1-5H3,(H,26,29)/t16-,19-/m0/s1. The number of esters is 1. The molecule has 0 saturated heterocycles. The smallest absolute Gasteiger partial charge is 0.342 e. The Bertz CT molecular complexity index is 1070. The molecular weight excluding hydrogens is 390 g/mol. The molecule has 31 heavy (non-hydrogen) atoms. The van der Waals surface area contributed by atoms with Gasteiger partial charge < -0.3 is 10.1 Å². The number of rotatable bonds is 7. The van der Waals surface area contributed by atoms with Crippen LogP contribution >= 0.6 is 0 Å². The molecule has 0 aliphatic carbocycles. The van der Waals surface area contributed by atoms with E-state index in [2.05, 4.69) is 24.3 Å². The second kappa shape index (κ2) is 9.60. The predicted octanol–water partition coefficient (Wildman–Crippen LogP) is 5.19. The van der Waals surface area contributed by atoms with Crippen LogP contribution in [0.25, 0.3) is 5.69 Å². The first-order valence-electron chi connectivity index (χ1n) is 10.6. The van der Waals surface area contributed by atoms with Crippen molar-refractivity contribution in [3.8, 4) is 5.69 Å². The van der Waals surface area contributed by atoms with E-state index in [9.17, 15) is 9.59 Å². The molecule has 2 aromatic carbocycles. The lowest BCUT2D eigenvalue weighted by molar-refractivity contribution is -0.123. The maximum Gasteiger partial charge on any atom is 0.342 e. The molecular formula is C25H29N3O3. The van der Waals surface area contributed by atoms with Crippen molar-refractivity contribution in [1.29, 1.82) is 0 Å². The second-order valence-electron chi connectivity index (χ2n) is 7.73. The number of amides is 1. The van der Waals surface area contributed by atoms with Crippen LogP contribution in [0.4, 0.5) is 5.69 Å². The first kappa shape index (κ1) is 22.3. The molecule has 3 rings (SSSR count). The SMILES string of the molecule is CC[C@H](C)c1ccccc1NC(=O)[C@H](C)OC(=O)c1c(C)nn(-c2ccccc2)c1C. The number of carbonyl (C=O) groups excluding carboxylic acids is 2. The summed E-state index contributed by atoms with van der Waals surface area (Å²) in [5.41, 5.74) is 4.27. The van der Waals surface area contributed by atoms with Crippen LogP contribution < -0.4 is 5.32 Å². The zero-order valence-electron chi connectivity index (χ0n) is 18.7. The molecule has 0 aliphatic heterocycles. The van der Waals surface area contributed by atoms with E-state index < -0.39 is 12.1 Å². The van der Waals surface area contributed by atoms with Gasteiger partial charge in [-0.05, 0) is 56.9 Å². The third kappa shape index (κ3) is 4.85. The number of ether oxygens (including phenoxy) is 1. The normalized spacial score (nSPS) is 12.8. The van der Waals surface area contributed by atoms with Crippen LogP contribution in [0.5, 0.6) is 0 Å². The van der Waals surface area contributed by atoms with Crippen LogP contribution in [0.3, 0.4) is 0 Å². The molecule has 6 nitrogen and oxygen atoms in total. The summed E-state index contributed by atoms with van der Waals surface area (Å²) in [6.45, 7) is 9.37. The van der Waals surface area contributed by atoms with E-state index in [1.807, 2.05) is 61.5 Å². The van der Waals surface area contributed by atoms with Crippen molar-refractivity contribution in [2.24, 2.45) is 0 Å². The highest BCUT2D eigenvalue weighted by atomic mass is 16.5. The lowest BCUT2D eigenvalue weighted by Gasteiger charge is -2.18. The van der Waals surface area contributed by atoms with Crippen molar-refractivity contribution < 1.29 is 14.3 Å². The number of benzene rings is 2. The van der Waals surface area contributed by atoms with Crippen LogP contribution in [-0.4, -0.2) is 27.8 Å². The molecule has 0 radical (unpaired) electrons. The number of nitrogens with zero attached hydrogens (tertiary/aromatic N) is 2. The molecule has 162 valence electrons. The van der Waals surface area contributed by atoms with Gasteiger partial charge in [-0.25, -0.2) is 9.48 Å². The third-order valence-electron chi connectivity index (χ3n) is 5.51. The summed E-state index contributed by atoms with van der Waals surface area (Å²) in [4.78, 5) is 25.6. The number of hydrogen-bond acceptors (Lipinski definition) is 4. The Hall–Kier alpha value is -3.41. The maximum absolute atomic E-state index is 12.9. The number of nitrogens with one attached hydrogen (secondary N) is 1. The van der Waals surface area contributed by atoms with Gasteiger partial charge in [0.15, 0.2) is 6.10 Å². The van der Waals surface area contributed by atoms with E-state index in [-0.39, 0.29) is 5.91 Å². The van der Waals surface area contributed by atoms with Crippen molar-refractivity contribution in [2.45, 2.75) is 53.1 Å². The number of carbonyl (C=O) groups is 2. The summed E-state index contributed by atoms with van der Waals surface area (Å²) in [6.07, 6.45) is 0.0119. The molecule has 1 aromatic heterocycles. The number of hydrogen-bond donors (Lipinski definition) is 1. The quantitative estimate of drug-likeness (QED) is 0.535. The van der Waals surface area contributed by atoms with Gasteiger partial charge in [0.2, 0.25) is 0 Å². The molecule has 0 fully saturated rings. The van der Waals surface area contributed by atoms with E-state index in [1.54, 1.807) is 18.5 Å². The van der Waals surface area contributed by atoms with Crippen molar-refractivity contribution in [2.75, 3.05) is 5.32 Å². The van der Waals surface area contributed by atoms with Crippen molar-refractivity contribution in [3.63, 3.8) is 0 Å². The average Bonchev–Trinajstić information content (AvgIpc) is 3.08. The summed E-state index contributed by atoms with van der Waals surface area (Å²) in [6, 6.07) is 17.3. The van der Waals surface area contributed by atoms with Crippen molar-refractivity contribution >= 4 is 17.6 Å². The first-order chi connectivity index (χ1) is 14.8. The summed E-state index contributed by atoms with van der Waals surface area (Å²) < 4.78 is 7.21. The fourth-order valence-corrected chi connectivity index (χ4v) is 3.53. The minimum Gasteiger partial charge on any atom is -0.449 e. The van der Waals surface area contributed by atoms with E-state index >= 15 is 0 Å². The van der Waals surface area contributed by atoms with E-state index in [0.717, 1.165) is 23.4 Å². The number of anilines is 1. The first-order valence-corrected chi connectivity index (χ1v) is 10.6. The number of aryl methyl sites for hydroxylation is 1. The van der Waals surface area contributed by atoms with Crippen LogP contribution in [0, 0.1) is 13.8 Å². The fraction of sp³-hybridized carbons (Fsp3) is 0.320. The Kier molecular flexibility index (Phi) is 6.90. The molecule has 6 heteroatoms. The van der Waals surface area contributed by atoms with Gasteiger partial charge in [-0.15, -0.1) is 0 Å². The average molecular weight is 420 g/mol. The highest BCUT2D eigenvalue weighted by molar-refractivity contribution is 5.98. The molecule has 1 heterocycles. The Labute approximate surface area is 183 Å². The molecule has 0 saturated carbocycles. The number of para-hydroxylation sites is 2. The Morgan fingerprint density at radius 2 is 1.68 bits per heavy atom. The topological polar surface area (TPSA) is 73.2 Å². The largest absolute Gasteiger partial charge is 0.449 e. The summed E-state index contributed by atoms with van der Waals surface area (Å²) in [5.74, 6) is -0.617. The van der Waals surface area contributed by atoms with Gasteiger partial charge in [-0.3, -0.25) is 4.79 Å². The molecule has 1 amide bonds. The lowest BCUT2D eigenvalue weighted by atomic mass is 9.97. The number of aromatic nitrogens is 2. The highest BCUT2D eigenvalue weighted by Crippen LogP contribution is 2.27. The molecule has 0 bridgehead atoms. The van der Waals surface area contributed by atoms with E-state index in [1.165, 1.54) is 0 Å². The molecule has 0 aliphatic rings. The van der Waals surface area contributed by atoms with Crippen LogP contribution in [0.1, 0.15) is 60.4 Å². The highest BCUT2D eigenvalue weighted by Gasteiger charge is 2.25. The maximum atomic E-state index is 12.9. The Balaban J connectivity index is 1.74. The summed E-state index contributed by atoms with van der Waals surface area (Å²) in [7, 11) is 0. The molecule has 0 spiro atoms. The van der Waals surface area contributed by atoms with E-state index in [4.69, 9.17) is 4.74 Å².